The first-order valence-corrected chi connectivity index (χ1v) is 4.14. The van der Waals surface area contributed by atoms with E-state index in [4.69, 9.17) is 10.8 Å². The standard InChI is InChI=1S/C9H7F4NO2/c10-4-2-5(11)8(13)7(12)3(4)1-6(14)9(15)16/h2,6H,1,14H2,(H,15,16). The summed E-state index contributed by atoms with van der Waals surface area (Å²) in [4.78, 5) is 10.3. The van der Waals surface area contributed by atoms with Gasteiger partial charge in [0.15, 0.2) is 17.5 Å². The Bertz CT molecular complexity index is 436. The quantitative estimate of drug-likeness (QED) is 0.471. The van der Waals surface area contributed by atoms with E-state index in [2.05, 4.69) is 0 Å². The number of carboxylic acids is 1. The monoisotopic (exact) mass is 237 g/mol. The Kier molecular flexibility index (Phi) is 3.48. The van der Waals surface area contributed by atoms with Crippen molar-refractivity contribution in [3.05, 3.63) is 34.9 Å². The van der Waals surface area contributed by atoms with Gasteiger partial charge in [0.25, 0.3) is 0 Å². The molecule has 1 atom stereocenters. The molecule has 1 rings (SSSR count). The number of halogens is 4. The second kappa shape index (κ2) is 4.48. The van der Waals surface area contributed by atoms with Crippen LogP contribution in [0.3, 0.4) is 0 Å². The molecule has 1 aromatic rings. The van der Waals surface area contributed by atoms with Gasteiger partial charge in [0.1, 0.15) is 11.9 Å². The van der Waals surface area contributed by atoms with Crippen molar-refractivity contribution in [2.75, 3.05) is 0 Å². The van der Waals surface area contributed by atoms with Crippen molar-refractivity contribution >= 4 is 5.97 Å². The van der Waals surface area contributed by atoms with Crippen LogP contribution in [-0.2, 0) is 11.2 Å². The fourth-order valence-corrected chi connectivity index (χ4v) is 1.10. The summed E-state index contributed by atoms with van der Waals surface area (Å²) in [6.07, 6.45) is -0.760. The van der Waals surface area contributed by atoms with E-state index in [1.807, 2.05) is 0 Å². The molecule has 0 aliphatic heterocycles. The Morgan fingerprint density at radius 3 is 2.31 bits per heavy atom. The number of carboxylic acid groups (broad SMARTS) is 1. The fraction of sp³-hybridized carbons (Fsp3) is 0.222. The van der Waals surface area contributed by atoms with Crippen molar-refractivity contribution in [3.8, 4) is 0 Å². The molecule has 0 fully saturated rings. The highest BCUT2D eigenvalue weighted by Gasteiger charge is 2.23. The third-order valence-corrected chi connectivity index (χ3v) is 1.95. The van der Waals surface area contributed by atoms with Crippen LogP contribution in [0.15, 0.2) is 6.07 Å². The van der Waals surface area contributed by atoms with Crippen LogP contribution in [0.1, 0.15) is 5.56 Å². The number of hydrogen-bond donors (Lipinski definition) is 2. The van der Waals surface area contributed by atoms with Gasteiger partial charge in [-0.15, -0.1) is 0 Å². The predicted molar refractivity (Wildman–Crippen MR) is 45.6 cm³/mol. The molecule has 0 aliphatic rings. The first kappa shape index (κ1) is 12.4. The lowest BCUT2D eigenvalue weighted by atomic mass is 10.0. The minimum Gasteiger partial charge on any atom is -0.480 e. The lowest BCUT2D eigenvalue weighted by molar-refractivity contribution is -0.138. The lowest BCUT2D eigenvalue weighted by Gasteiger charge is -2.09. The molecule has 1 unspecified atom stereocenters. The van der Waals surface area contributed by atoms with Crippen molar-refractivity contribution < 1.29 is 27.5 Å². The maximum Gasteiger partial charge on any atom is 0.320 e. The average molecular weight is 237 g/mol. The van der Waals surface area contributed by atoms with Gasteiger partial charge in [0.05, 0.1) is 0 Å². The molecule has 0 aliphatic carbocycles. The Hall–Kier alpha value is -1.63. The molecule has 7 heteroatoms. The fourth-order valence-electron chi connectivity index (χ4n) is 1.10. The van der Waals surface area contributed by atoms with Crippen LogP contribution in [0.25, 0.3) is 0 Å². The van der Waals surface area contributed by atoms with E-state index >= 15 is 0 Å². The molecule has 0 saturated carbocycles. The molecule has 88 valence electrons. The van der Waals surface area contributed by atoms with E-state index in [0.717, 1.165) is 0 Å². The van der Waals surface area contributed by atoms with Crippen LogP contribution in [0.4, 0.5) is 17.6 Å². The Balaban J connectivity index is 3.14. The van der Waals surface area contributed by atoms with Gasteiger partial charge < -0.3 is 10.8 Å². The summed E-state index contributed by atoms with van der Waals surface area (Å²) in [6.45, 7) is 0. The summed E-state index contributed by atoms with van der Waals surface area (Å²) < 4.78 is 51.3. The zero-order valence-corrected chi connectivity index (χ0v) is 7.81. The first-order chi connectivity index (χ1) is 7.34. The first-order valence-electron chi connectivity index (χ1n) is 4.14. The van der Waals surface area contributed by atoms with E-state index in [0.29, 0.717) is 0 Å². The molecule has 0 saturated heterocycles. The molecule has 0 amide bonds. The number of hydrogen-bond acceptors (Lipinski definition) is 2. The zero-order chi connectivity index (χ0) is 12.5. The smallest absolute Gasteiger partial charge is 0.320 e. The molecule has 0 radical (unpaired) electrons. The third-order valence-electron chi connectivity index (χ3n) is 1.95. The van der Waals surface area contributed by atoms with Gasteiger partial charge in [0.2, 0.25) is 0 Å². The lowest BCUT2D eigenvalue weighted by Crippen LogP contribution is -2.33. The predicted octanol–water partition coefficient (Wildman–Crippen LogP) is 1.20. The van der Waals surface area contributed by atoms with Gasteiger partial charge in [-0.05, 0) is 0 Å². The molecular formula is C9H7F4NO2. The normalized spacial score (nSPS) is 12.6. The summed E-state index contributed by atoms with van der Waals surface area (Å²) in [5.74, 6) is -8.15. The molecule has 0 bridgehead atoms. The summed E-state index contributed by atoms with van der Waals surface area (Å²) in [5, 5.41) is 8.41. The molecule has 0 heterocycles. The maximum absolute atomic E-state index is 13.0. The number of rotatable bonds is 3. The maximum atomic E-state index is 13.0. The van der Waals surface area contributed by atoms with Gasteiger partial charge in [-0.25, -0.2) is 17.6 Å². The Morgan fingerprint density at radius 2 is 1.81 bits per heavy atom. The van der Waals surface area contributed by atoms with Gasteiger partial charge >= 0.3 is 5.97 Å². The number of carbonyl (C=O) groups is 1. The summed E-state index contributed by atoms with van der Waals surface area (Å²) in [6, 6.07) is -1.45. The van der Waals surface area contributed by atoms with Crippen molar-refractivity contribution in [1.82, 2.24) is 0 Å². The van der Waals surface area contributed by atoms with Crippen molar-refractivity contribution in [3.63, 3.8) is 0 Å². The van der Waals surface area contributed by atoms with Crippen molar-refractivity contribution in [2.24, 2.45) is 5.73 Å². The van der Waals surface area contributed by atoms with Gasteiger partial charge in [0, 0.05) is 18.1 Å². The van der Waals surface area contributed by atoms with Gasteiger partial charge in [-0.1, -0.05) is 0 Å². The molecule has 3 N–H and O–H groups in total. The second-order valence-electron chi connectivity index (χ2n) is 3.10. The van der Waals surface area contributed by atoms with E-state index < -0.39 is 47.3 Å². The Labute approximate surface area is 87.5 Å². The highest BCUT2D eigenvalue weighted by atomic mass is 19.2. The summed E-state index contributed by atoms with van der Waals surface area (Å²) in [7, 11) is 0. The average Bonchev–Trinajstić information content (AvgIpc) is 2.20. The van der Waals surface area contributed by atoms with Crippen LogP contribution < -0.4 is 5.73 Å². The molecule has 0 aromatic heterocycles. The molecule has 3 nitrogen and oxygen atoms in total. The third kappa shape index (κ3) is 2.30. The highest BCUT2D eigenvalue weighted by molar-refractivity contribution is 5.73. The number of aliphatic carboxylic acids is 1. The summed E-state index contributed by atoms with van der Waals surface area (Å²) in [5.41, 5.74) is 4.14. The van der Waals surface area contributed by atoms with Crippen LogP contribution in [0.5, 0.6) is 0 Å². The van der Waals surface area contributed by atoms with Gasteiger partial charge in [-0.2, -0.15) is 0 Å². The summed E-state index contributed by atoms with van der Waals surface area (Å²) >= 11 is 0. The van der Waals surface area contributed by atoms with E-state index in [1.165, 1.54) is 0 Å². The highest BCUT2D eigenvalue weighted by Crippen LogP contribution is 2.20. The minimum atomic E-state index is -1.85. The topological polar surface area (TPSA) is 63.3 Å². The molecule has 16 heavy (non-hydrogen) atoms. The van der Waals surface area contributed by atoms with Gasteiger partial charge in [-0.3, -0.25) is 4.79 Å². The van der Waals surface area contributed by atoms with Crippen molar-refractivity contribution in [1.29, 1.82) is 0 Å². The van der Waals surface area contributed by atoms with E-state index in [-0.39, 0.29) is 6.07 Å². The van der Waals surface area contributed by atoms with Crippen LogP contribution in [0.2, 0.25) is 0 Å². The number of nitrogens with two attached hydrogens (primary N) is 1. The van der Waals surface area contributed by atoms with Crippen LogP contribution >= 0.6 is 0 Å². The molecule has 0 spiro atoms. The zero-order valence-electron chi connectivity index (χ0n) is 7.81. The van der Waals surface area contributed by atoms with Crippen LogP contribution in [-0.4, -0.2) is 17.1 Å². The largest absolute Gasteiger partial charge is 0.480 e. The van der Waals surface area contributed by atoms with E-state index in [1.54, 1.807) is 0 Å². The van der Waals surface area contributed by atoms with Crippen LogP contribution in [0, 0.1) is 23.3 Å². The van der Waals surface area contributed by atoms with Crippen molar-refractivity contribution in [2.45, 2.75) is 12.5 Å². The number of benzene rings is 1. The second-order valence-corrected chi connectivity index (χ2v) is 3.10. The molecule has 1 aromatic carbocycles. The van der Waals surface area contributed by atoms with E-state index in [9.17, 15) is 22.4 Å². The minimum absolute atomic E-state index is 0.141. The Morgan fingerprint density at radius 1 is 1.25 bits per heavy atom. The SMILES string of the molecule is NC(Cc1c(F)cc(F)c(F)c1F)C(=O)O. The molecular weight excluding hydrogens is 230 g/mol.